The van der Waals surface area contributed by atoms with Gasteiger partial charge in [-0.3, -0.25) is 9.78 Å². The molecule has 37 heavy (non-hydrogen) atoms. The summed E-state index contributed by atoms with van der Waals surface area (Å²) < 4.78 is 17.5. The molecule has 3 aromatic rings. The maximum absolute atomic E-state index is 14.1. The number of hydrogen-bond donors (Lipinski definition) is 2. The van der Waals surface area contributed by atoms with Gasteiger partial charge in [0.05, 0.1) is 23.0 Å². The smallest absolute Gasteiger partial charge is 0.192 e. The first-order valence-corrected chi connectivity index (χ1v) is 13.1. The number of aromatic nitrogens is 3. The van der Waals surface area contributed by atoms with Crippen molar-refractivity contribution in [2.24, 2.45) is 17.0 Å². The van der Waals surface area contributed by atoms with Gasteiger partial charge in [0, 0.05) is 32.0 Å². The Balaban J connectivity index is 1.52. The van der Waals surface area contributed by atoms with Crippen LogP contribution >= 0.6 is 11.9 Å². The van der Waals surface area contributed by atoms with E-state index in [2.05, 4.69) is 27.4 Å². The molecule has 1 saturated heterocycles. The average molecular weight is 520 g/mol. The Morgan fingerprint density at radius 1 is 1.27 bits per heavy atom. The largest absolute Gasteiger partial charge is 0.402 e. The number of nitrogens with two attached hydrogens (primary N) is 2. The fourth-order valence-corrected chi connectivity index (χ4v) is 6.07. The predicted octanol–water partition coefficient (Wildman–Crippen LogP) is 3.91. The first kappa shape index (κ1) is 25.2. The molecule has 5 rings (SSSR count). The third-order valence-corrected chi connectivity index (χ3v) is 8.02. The second-order valence-electron chi connectivity index (χ2n) is 9.32. The van der Waals surface area contributed by atoms with Crippen molar-refractivity contribution in [3.8, 4) is 5.69 Å². The number of hydrazine groups is 1. The van der Waals surface area contributed by atoms with Crippen LogP contribution in [0.2, 0.25) is 0 Å². The van der Waals surface area contributed by atoms with Gasteiger partial charge in [-0.2, -0.15) is 5.10 Å². The van der Waals surface area contributed by atoms with Gasteiger partial charge in [0.2, 0.25) is 0 Å². The third kappa shape index (κ3) is 4.79. The van der Waals surface area contributed by atoms with E-state index in [4.69, 9.17) is 11.6 Å². The molecule has 2 aliphatic rings. The molecule has 1 atom stereocenters. The predicted molar refractivity (Wildman–Crippen MR) is 143 cm³/mol. The Labute approximate surface area is 219 Å². The summed E-state index contributed by atoms with van der Waals surface area (Å²) in [6.45, 7) is 3.95. The lowest BCUT2D eigenvalue weighted by molar-refractivity contribution is 0.0775. The molecule has 0 saturated carbocycles. The summed E-state index contributed by atoms with van der Waals surface area (Å²) in [5.74, 6) is 5.91. The number of rotatable bonds is 8. The van der Waals surface area contributed by atoms with Crippen molar-refractivity contribution >= 4 is 23.8 Å². The maximum atomic E-state index is 14.1. The van der Waals surface area contributed by atoms with Crippen molar-refractivity contribution in [2.75, 3.05) is 19.6 Å². The quantitative estimate of drug-likeness (QED) is 0.200. The summed E-state index contributed by atoms with van der Waals surface area (Å²) in [6, 6.07) is 11.7. The van der Waals surface area contributed by atoms with Gasteiger partial charge in [-0.25, -0.2) is 19.2 Å². The molecule has 1 aliphatic heterocycles. The van der Waals surface area contributed by atoms with Crippen LogP contribution in [0, 0.1) is 11.2 Å². The molecule has 0 radical (unpaired) electrons. The first-order chi connectivity index (χ1) is 17.9. The van der Waals surface area contributed by atoms with E-state index >= 15 is 0 Å². The van der Waals surface area contributed by atoms with Gasteiger partial charge < -0.3 is 10.7 Å². The zero-order chi connectivity index (χ0) is 26.0. The van der Waals surface area contributed by atoms with E-state index in [1.165, 1.54) is 30.3 Å². The van der Waals surface area contributed by atoms with Crippen LogP contribution < -0.4 is 11.6 Å². The molecule has 0 bridgehead atoms. The first-order valence-electron chi connectivity index (χ1n) is 12.3. The molecule has 1 unspecified atom stereocenters. The van der Waals surface area contributed by atoms with Gasteiger partial charge >= 0.3 is 0 Å². The number of piperidine rings is 1. The van der Waals surface area contributed by atoms with Gasteiger partial charge in [-0.15, -0.1) is 0 Å². The highest BCUT2D eigenvalue weighted by Crippen LogP contribution is 2.48. The molecule has 1 fully saturated rings. The minimum absolute atomic E-state index is 0.0127. The molecule has 10 heteroatoms. The molecular weight excluding hydrogens is 489 g/mol. The minimum Gasteiger partial charge on any atom is -0.402 e. The van der Waals surface area contributed by atoms with Crippen LogP contribution in [-0.4, -0.2) is 49.5 Å². The van der Waals surface area contributed by atoms with Gasteiger partial charge in [0.25, 0.3) is 0 Å². The molecule has 0 amide bonds. The van der Waals surface area contributed by atoms with E-state index in [9.17, 15) is 9.18 Å². The molecule has 1 aliphatic carbocycles. The number of hydrogen-bond acceptors (Lipinski definition) is 8. The molecule has 2 aromatic heterocycles. The minimum atomic E-state index is -0.798. The lowest BCUT2D eigenvalue weighted by atomic mass is 9.65. The van der Waals surface area contributed by atoms with Crippen molar-refractivity contribution in [2.45, 2.75) is 26.2 Å². The highest BCUT2D eigenvalue weighted by molar-refractivity contribution is 8.00. The van der Waals surface area contributed by atoms with E-state index in [0.29, 0.717) is 31.6 Å². The van der Waals surface area contributed by atoms with E-state index in [0.717, 1.165) is 40.5 Å². The fraction of sp³-hybridized carbons (Fsp3) is 0.296. The van der Waals surface area contributed by atoms with Gasteiger partial charge in [0.15, 0.2) is 5.78 Å². The van der Waals surface area contributed by atoms with Crippen molar-refractivity contribution in [1.82, 2.24) is 24.1 Å². The van der Waals surface area contributed by atoms with Gasteiger partial charge in [-0.1, -0.05) is 18.6 Å². The number of carbonyl (C=O) groups excluding carboxylic acids is 1. The standard InChI is InChI=1S/C27H30FN7OS/c1-2-12-34(30)25(16-29)37-33-13-10-20-14-24-19(17-32-35(24)22-8-6-21(28)7-9-22)15-27(20,18-33)26(36)23-5-3-4-11-31-23/h3-9,11,14,16-17H,2,10,12-13,15,18,29-30H2,1H3/b25-16+. The third-order valence-electron chi connectivity index (χ3n) is 6.90. The van der Waals surface area contributed by atoms with Crippen LogP contribution in [0.25, 0.3) is 11.8 Å². The van der Waals surface area contributed by atoms with Gasteiger partial charge in [0.1, 0.15) is 16.5 Å². The summed E-state index contributed by atoms with van der Waals surface area (Å²) in [5, 5.41) is 6.99. The average Bonchev–Trinajstić information content (AvgIpc) is 3.33. The lowest BCUT2D eigenvalue weighted by Gasteiger charge is -2.45. The number of carbonyl (C=O) groups is 1. The topological polar surface area (TPSA) is 106 Å². The second kappa shape index (κ2) is 10.5. The summed E-state index contributed by atoms with van der Waals surface area (Å²) in [7, 11) is 0. The van der Waals surface area contributed by atoms with Crippen LogP contribution in [0.4, 0.5) is 4.39 Å². The van der Waals surface area contributed by atoms with Crippen LogP contribution in [0.5, 0.6) is 0 Å². The van der Waals surface area contributed by atoms with Crippen molar-refractivity contribution in [1.29, 1.82) is 0 Å². The van der Waals surface area contributed by atoms with Crippen LogP contribution in [-0.2, 0) is 6.42 Å². The monoisotopic (exact) mass is 519 g/mol. The fourth-order valence-electron chi connectivity index (χ4n) is 5.09. The van der Waals surface area contributed by atoms with Crippen LogP contribution in [0.15, 0.2) is 71.7 Å². The summed E-state index contributed by atoms with van der Waals surface area (Å²) in [5.41, 5.74) is 9.26. The second-order valence-corrected chi connectivity index (χ2v) is 10.4. The van der Waals surface area contributed by atoms with Crippen molar-refractivity contribution in [3.63, 3.8) is 0 Å². The Bertz CT molecular complexity index is 1340. The van der Waals surface area contributed by atoms with Crippen molar-refractivity contribution < 1.29 is 9.18 Å². The zero-order valence-electron chi connectivity index (χ0n) is 20.7. The SMILES string of the molecule is CCCN(N)/C(=C\N)SN1CCC2=Cc3c(cnn3-c3ccc(F)cc3)CC2(C(=O)c2ccccn2)C1. The van der Waals surface area contributed by atoms with E-state index in [1.807, 2.05) is 16.8 Å². The maximum Gasteiger partial charge on any atom is 0.192 e. The molecule has 8 nitrogen and oxygen atoms in total. The normalized spacial score (nSPS) is 19.6. The lowest BCUT2D eigenvalue weighted by Crippen LogP contribution is -2.50. The Morgan fingerprint density at radius 3 is 2.78 bits per heavy atom. The number of fused-ring (bicyclic) bond motifs is 2. The summed E-state index contributed by atoms with van der Waals surface area (Å²) in [4.78, 5) is 18.5. The van der Waals surface area contributed by atoms with Gasteiger partial charge in [-0.05, 0) is 79.2 Å². The summed E-state index contributed by atoms with van der Waals surface area (Å²) in [6.07, 6.45) is 9.13. The Kier molecular flexibility index (Phi) is 7.14. The Hall–Kier alpha value is -3.47. The Morgan fingerprint density at radius 2 is 2.08 bits per heavy atom. The highest BCUT2D eigenvalue weighted by Gasteiger charge is 2.49. The van der Waals surface area contributed by atoms with E-state index in [1.54, 1.807) is 35.6 Å². The molecular formula is C27H30FN7OS. The van der Waals surface area contributed by atoms with Crippen LogP contribution in [0.1, 0.15) is 41.5 Å². The number of ketones is 1. The number of benzene rings is 1. The zero-order valence-corrected chi connectivity index (χ0v) is 21.5. The molecule has 1 aromatic carbocycles. The van der Waals surface area contributed by atoms with Crippen LogP contribution in [0.3, 0.4) is 0 Å². The molecule has 3 heterocycles. The molecule has 192 valence electrons. The number of pyridine rings is 1. The summed E-state index contributed by atoms with van der Waals surface area (Å²) >= 11 is 1.48. The molecule has 4 N–H and O–H groups in total. The number of halogens is 1. The van der Waals surface area contributed by atoms with E-state index in [-0.39, 0.29) is 11.6 Å². The molecule has 0 spiro atoms. The number of nitrogens with zero attached hydrogens (tertiary/aromatic N) is 5. The number of Topliss-reactive ketones (excluding diaryl/α,β-unsaturated/α-hetero) is 1. The van der Waals surface area contributed by atoms with Crippen molar-refractivity contribution in [3.05, 3.63) is 94.4 Å². The highest BCUT2D eigenvalue weighted by atomic mass is 32.2. The van der Waals surface area contributed by atoms with E-state index < -0.39 is 5.41 Å².